The number of aliphatic hydroxyl groups excluding tert-OH is 1. The maximum atomic E-state index is 10.0. The number of benzene rings is 1. The summed E-state index contributed by atoms with van der Waals surface area (Å²) in [6, 6.07) is 9.87. The molecule has 1 aliphatic rings. The zero-order valence-corrected chi connectivity index (χ0v) is 17.5. The van der Waals surface area contributed by atoms with Crippen molar-refractivity contribution < 1.29 is 14.6 Å². The van der Waals surface area contributed by atoms with Crippen molar-refractivity contribution in [2.75, 3.05) is 26.1 Å². The Hall–Kier alpha value is -2.73. The van der Waals surface area contributed by atoms with Crippen molar-refractivity contribution in [1.82, 2.24) is 9.61 Å². The van der Waals surface area contributed by atoms with Crippen LogP contribution in [0.5, 0.6) is 11.5 Å². The lowest BCUT2D eigenvalue weighted by molar-refractivity contribution is 0.198. The van der Waals surface area contributed by atoms with Gasteiger partial charge in [0.25, 0.3) is 0 Å². The van der Waals surface area contributed by atoms with E-state index >= 15 is 0 Å². The third kappa shape index (κ3) is 3.65. The van der Waals surface area contributed by atoms with E-state index in [4.69, 9.17) is 14.6 Å². The smallest absolute Gasteiger partial charge is 0.132 e. The monoisotopic (exact) mass is 395 g/mol. The molecule has 0 aliphatic heterocycles. The lowest BCUT2D eigenvalue weighted by atomic mass is 10.0. The molecule has 6 heteroatoms. The maximum Gasteiger partial charge on any atom is 0.132 e. The number of nitrogens with zero attached hydrogens (tertiary/aromatic N) is 2. The van der Waals surface area contributed by atoms with E-state index in [1.807, 2.05) is 28.8 Å². The number of aryl methyl sites for hydroxylation is 1. The van der Waals surface area contributed by atoms with Crippen molar-refractivity contribution in [2.45, 2.75) is 39.2 Å². The van der Waals surface area contributed by atoms with E-state index in [2.05, 4.69) is 18.3 Å². The molecule has 1 saturated carbocycles. The van der Waals surface area contributed by atoms with Gasteiger partial charge >= 0.3 is 0 Å². The molecule has 1 fully saturated rings. The number of aromatic nitrogens is 2. The lowest BCUT2D eigenvalue weighted by Gasteiger charge is -2.17. The molecular weight excluding hydrogens is 366 g/mol. The number of pyridine rings is 1. The molecule has 0 amide bonds. The van der Waals surface area contributed by atoms with Crippen molar-refractivity contribution in [3.8, 4) is 22.8 Å². The number of anilines is 1. The fourth-order valence-electron chi connectivity index (χ4n) is 3.74. The second-order valence-electron chi connectivity index (χ2n) is 7.68. The van der Waals surface area contributed by atoms with Crippen molar-refractivity contribution in [3.05, 3.63) is 41.6 Å². The van der Waals surface area contributed by atoms with Crippen molar-refractivity contribution in [2.24, 2.45) is 5.92 Å². The highest BCUT2D eigenvalue weighted by atomic mass is 16.5. The van der Waals surface area contributed by atoms with Gasteiger partial charge in [0.05, 0.1) is 48.5 Å². The number of ether oxygens (including phenoxy) is 2. The molecule has 0 bridgehead atoms. The summed E-state index contributed by atoms with van der Waals surface area (Å²) in [7, 11) is 3.26. The average molecular weight is 396 g/mol. The number of hydrogen-bond donors (Lipinski definition) is 2. The first-order valence-electron chi connectivity index (χ1n) is 10.3. The summed E-state index contributed by atoms with van der Waals surface area (Å²) in [4.78, 5) is 0. The average Bonchev–Trinajstić information content (AvgIpc) is 3.50. The van der Waals surface area contributed by atoms with E-state index in [1.54, 1.807) is 21.1 Å². The van der Waals surface area contributed by atoms with Crippen molar-refractivity contribution in [3.63, 3.8) is 0 Å². The van der Waals surface area contributed by atoms with Crippen LogP contribution >= 0.6 is 0 Å². The summed E-state index contributed by atoms with van der Waals surface area (Å²) in [5.41, 5.74) is 5.67. The second kappa shape index (κ2) is 7.95. The molecule has 29 heavy (non-hydrogen) atoms. The van der Waals surface area contributed by atoms with E-state index in [9.17, 15) is 5.11 Å². The van der Waals surface area contributed by atoms with Crippen LogP contribution < -0.4 is 14.8 Å². The Balaban J connectivity index is 1.90. The van der Waals surface area contributed by atoms with Gasteiger partial charge in [-0.05, 0) is 61.9 Å². The van der Waals surface area contributed by atoms with E-state index in [-0.39, 0.29) is 0 Å². The first-order valence-corrected chi connectivity index (χ1v) is 10.3. The molecule has 0 saturated heterocycles. The van der Waals surface area contributed by atoms with E-state index in [1.165, 1.54) is 12.8 Å². The van der Waals surface area contributed by atoms with Gasteiger partial charge in [-0.25, -0.2) is 4.52 Å². The Morgan fingerprint density at radius 1 is 1.21 bits per heavy atom. The summed E-state index contributed by atoms with van der Waals surface area (Å²) >= 11 is 0. The van der Waals surface area contributed by atoms with Gasteiger partial charge in [-0.15, -0.1) is 0 Å². The summed E-state index contributed by atoms with van der Waals surface area (Å²) in [6.45, 7) is 4.85. The highest BCUT2D eigenvalue weighted by Gasteiger charge is 2.24. The molecule has 0 spiro atoms. The number of nitrogens with one attached hydrogen (secondary N) is 1. The Morgan fingerprint density at radius 3 is 2.45 bits per heavy atom. The third-order valence-corrected chi connectivity index (χ3v) is 5.60. The third-order valence-electron chi connectivity index (χ3n) is 5.60. The van der Waals surface area contributed by atoms with Crippen LogP contribution in [-0.4, -0.2) is 35.5 Å². The van der Waals surface area contributed by atoms with E-state index in [0.29, 0.717) is 11.5 Å². The van der Waals surface area contributed by atoms with Crippen molar-refractivity contribution in [1.29, 1.82) is 0 Å². The fourth-order valence-corrected chi connectivity index (χ4v) is 3.74. The Bertz CT molecular complexity index is 997. The topological polar surface area (TPSA) is 68.0 Å². The summed E-state index contributed by atoms with van der Waals surface area (Å²) < 4.78 is 13.3. The highest BCUT2D eigenvalue weighted by molar-refractivity contribution is 5.82. The number of methoxy groups -OCH3 is 2. The molecule has 1 atom stereocenters. The molecule has 2 N–H and O–H groups in total. The summed E-state index contributed by atoms with van der Waals surface area (Å²) in [5, 5.41) is 18.6. The molecular formula is C23H29N3O3. The molecule has 2 heterocycles. The molecule has 6 nitrogen and oxygen atoms in total. The van der Waals surface area contributed by atoms with Crippen LogP contribution in [0.25, 0.3) is 16.8 Å². The van der Waals surface area contributed by atoms with Gasteiger partial charge in [0.15, 0.2) is 0 Å². The largest absolute Gasteiger partial charge is 0.496 e. The van der Waals surface area contributed by atoms with Gasteiger partial charge in [0, 0.05) is 6.54 Å². The Labute approximate surface area is 171 Å². The van der Waals surface area contributed by atoms with Gasteiger partial charge < -0.3 is 19.9 Å². The van der Waals surface area contributed by atoms with Crippen LogP contribution in [0.3, 0.4) is 0 Å². The molecule has 1 unspecified atom stereocenters. The van der Waals surface area contributed by atoms with Gasteiger partial charge in [0.1, 0.15) is 11.5 Å². The standard InChI is InChI=1S/C23H29N3O3/c1-5-17-23(24-13-15-9-10-15)19-8-6-7-18(26(19)25-17)22-20(28-3)11-16(14(2)27)12-21(22)29-4/h6-8,11-12,14-15,24,27H,5,9-10,13H2,1-4H3. The quantitative estimate of drug-likeness (QED) is 0.590. The Morgan fingerprint density at radius 2 is 1.90 bits per heavy atom. The number of rotatable bonds is 8. The van der Waals surface area contributed by atoms with Crippen LogP contribution in [0.15, 0.2) is 30.3 Å². The summed E-state index contributed by atoms with van der Waals surface area (Å²) in [5.74, 6) is 2.08. The second-order valence-corrected chi connectivity index (χ2v) is 7.68. The SMILES string of the molecule is CCc1nn2c(-c3c(OC)cc(C(C)O)cc3OC)cccc2c1NCC1CC1. The molecule has 154 valence electrons. The first-order chi connectivity index (χ1) is 14.1. The molecule has 1 aromatic carbocycles. The fraction of sp³-hybridized carbons (Fsp3) is 0.435. The van der Waals surface area contributed by atoms with Gasteiger partial charge in [-0.1, -0.05) is 13.0 Å². The predicted molar refractivity (Wildman–Crippen MR) is 115 cm³/mol. The van der Waals surface area contributed by atoms with E-state index < -0.39 is 6.10 Å². The molecule has 4 rings (SSSR count). The van der Waals surface area contributed by atoms with Gasteiger partial charge in [0.2, 0.25) is 0 Å². The molecule has 2 aromatic heterocycles. The van der Waals surface area contributed by atoms with Crippen LogP contribution in [0.2, 0.25) is 0 Å². The minimum Gasteiger partial charge on any atom is -0.496 e. The van der Waals surface area contributed by atoms with Gasteiger partial charge in [-0.3, -0.25) is 0 Å². The molecule has 1 aliphatic carbocycles. The zero-order valence-electron chi connectivity index (χ0n) is 17.5. The normalized spacial score (nSPS) is 14.8. The highest BCUT2D eigenvalue weighted by Crippen LogP contribution is 2.42. The minimum absolute atomic E-state index is 0.614. The van der Waals surface area contributed by atoms with Crippen LogP contribution in [0.1, 0.15) is 44.1 Å². The zero-order chi connectivity index (χ0) is 20.5. The predicted octanol–water partition coefficient (Wildman–Crippen LogP) is 4.46. The van der Waals surface area contributed by atoms with Crippen LogP contribution in [0.4, 0.5) is 5.69 Å². The Kier molecular flexibility index (Phi) is 5.37. The van der Waals surface area contributed by atoms with Crippen LogP contribution in [0, 0.1) is 5.92 Å². The number of aliphatic hydroxyl groups is 1. The number of fused-ring (bicyclic) bond motifs is 1. The summed E-state index contributed by atoms with van der Waals surface area (Å²) in [6.07, 6.45) is 2.85. The van der Waals surface area contributed by atoms with Crippen LogP contribution in [-0.2, 0) is 6.42 Å². The lowest BCUT2D eigenvalue weighted by Crippen LogP contribution is -2.04. The van der Waals surface area contributed by atoms with Crippen molar-refractivity contribution >= 4 is 11.2 Å². The first kappa shape index (κ1) is 19.6. The van der Waals surface area contributed by atoms with E-state index in [0.717, 1.165) is 52.6 Å². The number of hydrogen-bond acceptors (Lipinski definition) is 5. The minimum atomic E-state index is -0.614. The maximum absolute atomic E-state index is 10.0. The van der Waals surface area contributed by atoms with Gasteiger partial charge in [-0.2, -0.15) is 5.10 Å². The molecule has 0 radical (unpaired) electrons. The molecule has 3 aromatic rings.